The van der Waals surface area contributed by atoms with Gasteiger partial charge in [0.15, 0.2) is 0 Å². The van der Waals surface area contributed by atoms with E-state index < -0.39 is 0 Å². The van der Waals surface area contributed by atoms with Crippen LogP contribution < -0.4 is 5.32 Å². The van der Waals surface area contributed by atoms with Gasteiger partial charge in [-0.05, 0) is 77.0 Å². The molecule has 0 aliphatic carbocycles. The van der Waals surface area contributed by atoms with E-state index in [9.17, 15) is 14.4 Å². The fourth-order valence-electron chi connectivity index (χ4n) is 5.15. The van der Waals surface area contributed by atoms with Crippen LogP contribution in [-0.2, 0) is 23.9 Å². The molecular weight excluding hydrogens is 522 g/mol. The molecule has 3 fully saturated rings. The van der Waals surface area contributed by atoms with Gasteiger partial charge >= 0.3 is 0 Å². The molecule has 0 aromatic heterocycles. The van der Waals surface area contributed by atoms with Gasteiger partial charge in [0.1, 0.15) is 0 Å². The highest BCUT2D eigenvalue weighted by molar-refractivity contribution is 5.82. The lowest BCUT2D eigenvalue weighted by molar-refractivity contribution is -0.138. The molecule has 3 saturated heterocycles. The van der Waals surface area contributed by atoms with Crippen molar-refractivity contribution in [2.75, 3.05) is 67.0 Å². The van der Waals surface area contributed by atoms with Gasteiger partial charge in [0.25, 0.3) is 6.47 Å². The van der Waals surface area contributed by atoms with Gasteiger partial charge in [-0.25, -0.2) is 0 Å². The predicted octanol–water partition coefficient (Wildman–Crippen LogP) is 3.25. The largest absolute Gasteiger partial charge is 0.471 e. The molecule has 0 aromatic rings. The Morgan fingerprint density at radius 3 is 1.85 bits per heavy atom. The highest BCUT2D eigenvalue weighted by Crippen LogP contribution is 2.23. The molecule has 0 spiro atoms. The number of hydrogen-bond donors (Lipinski definition) is 1. The lowest BCUT2D eigenvalue weighted by Crippen LogP contribution is -2.56. The first-order valence-corrected chi connectivity index (χ1v) is 15.6. The summed E-state index contributed by atoms with van der Waals surface area (Å²) >= 11 is 0. The number of ether oxygens (including phenoxy) is 1. The van der Waals surface area contributed by atoms with Crippen LogP contribution in [0.2, 0.25) is 0 Å². The van der Waals surface area contributed by atoms with Crippen LogP contribution in [0.1, 0.15) is 86.0 Å². The van der Waals surface area contributed by atoms with Gasteiger partial charge in [-0.1, -0.05) is 47.5 Å². The van der Waals surface area contributed by atoms with Gasteiger partial charge in [0.05, 0.1) is 19.7 Å². The summed E-state index contributed by atoms with van der Waals surface area (Å²) in [5, 5.41) is 2.44. The monoisotopic (exact) mass is 583 g/mol. The van der Waals surface area contributed by atoms with Crippen LogP contribution in [0.15, 0.2) is 0 Å². The summed E-state index contributed by atoms with van der Waals surface area (Å²) in [4.78, 5) is 53.1. The Hall–Kier alpha value is -2.20. The van der Waals surface area contributed by atoms with E-state index in [4.69, 9.17) is 4.79 Å². The minimum atomic E-state index is -0.102. The summed E-state index contributed by atoms with van der Waals surface area (Å²) < 4.78 is 3.86. The van der Waals surface area contributed by atoms with E-state index in [0.29, 0.717) is 19.4 Å². The number of carbonyl (C=O) groups is 4. The molecular formula is C31H61N5O5. The molecule has 10 heteroatoms. The van der Waals surface area contributed by atoms with Crippen LogP contribution in [-0.4, -0.2) is 123 Å². The van der Waals surface area contributed by atoms with Crippen LogP contribution in [0, 0.1) is 11.8 Å². The lowest BCUT2D eigenvalue weighted by Gasteiger charge is -2.41. The highest BCUT2D eigenvalue weighted by atomic mass is 16.5. The molecule has 0 saturated carbocycles. The topological polar surface area (TPSA) is 102 Å². The Morgan fingerprint density at radius 2 is 1.41 bits per heavy atom. The fourth-order valence-corrected chi connectivity index (χ4v) is 5.15. The summed E-state index contributed by atoms with van der Waals surface area (Å²) in [6.07, 6.45) is 10.1. The summed E-state index contributed by atoms with van der Waals surface area (Å²) in [6.45, 7) is 17.1. The molecule has 0 radical (unpaired) electrons. The Morgan fingerprint density at radius 1 is 0.902 bits per heavy atom. The zero-order valence-electron chi connectivity index (χ0n) is 27.4. The van der Waals surface area contributed by atoms with E-state index in [0.717, 1.165) is 57.7 Å². The summed E-state index contributed by atoms with van der Waals surface area (Å²) in [5.41, 5.74) is 0. The molecule has 0 aromatic carbocycles. The Labute approximate surface area is 250 Å². The molecule has 3 rings (SSSR count). The van der Waals surface area contributed by atoms with E-state index in [1.165, 1.54) is 39.5 Å². The number of rotatable bonds is 9. The quantitative estimate of drug-likeness (QED) is 0.416. The Kier molecular flexibility index (Phi) is 22.1. The molecule has 3 heterocycles. The van der Waals surface area contributed by atoms with E-state index in [2.05, 4.69) is 61.5 Å². The van der Waals surface area contributed by atoms with Crippen molar-refractivity contribution in [1.29, 1.82) is 0 Å². The average Bonchev–Trinajstić information content (AvgIpc) is 3.50. The van der Waals surface area contributed by atoms with Crippen LogP contribution in [0.3, 0.4) is 0 Å². The maximum absolute atomic E-state index is 13.0. The minimum absolute atomic E-state index is 0.0133. The third-order valence-electron chi connectivity index (χ3n) is 7.41. The first-order chi connectivity index (χ1) is 19.5. The SMILES string of the molecule is CC(C)C.CC(C)[C@@H](CN1CCCC[C@H]1C(=O)N1CCCC1)N(C)C(=O)CNC=O.CN1CCCCC1.COC=O. The molecule has 3 aliphatic rings. The van der Waals surface area contributed by atoms with Gasteiger partial charge < -0.3 is 24.8 Å². The number of hydrogen-bond acceptors (Lipinski definition) is 7. The highest BCUT2D eigenvalue weighted by Gasteiger charge is 2.35. The normalized spacial score (nSPS) is 19.9. The lowest BCUT2D eigenvalue weighted by atomic mass is 9.96. The Bertz CT molecular complexity index is 706. The van der Waals surface area contributed by atoms with Crippen molar-refractivity contribution in [2.45, 2.75) is 98.1 Å². The number of nitrogens with zero attached hydrogens (tertiary/aromatic N) is 4. The number of amides is 3. The Balaban J connectivity index is 0.000000867. The third-order valence-corrected chi connectivity index (χ3v) is 7.41. The molecule has 0 bridgehead atoms. The molecule has 0 unspecified atom stereocenters. The van der Waals surface area contributed by atoms with Crippen molar-refractivity contribution in [3.63, 3.8) is 0 Å². The molecule has 2 atom stereocenters. The maximum atomic E-state index is 13.0. The summed E-state index contributed by atoms with van der Waals surface area (Å²) in [5.74, 6) is 1.26. The third kappa shape index (κ3) is 17.4. The fraction of sp³-hybridized carbons (Fsp3) is 0.871. The number of nitrogens with one attached hydrogen (secondary N) is 1. The molecule has 1 N–H and O–H groups in total. The van der Waals surface area contributed by atoms with Gasteiger partial charge in [0, 0.05) is 32.7 Å². The van der Waals surface area contributed by atoms with Gasteiger partial charge in [-0.2, -0.15) is 0 Å². The van der Waals surface area contributed by atoms with Crippen LogP contribution in [0.4, 0.5) is 0 Å². The van der Waals surface area contributed by atoms with Gasteiger partial charge in [-0.15, -0.1) is 0 Å². The van der Waals surface area contributed by atoms with Crippen molar-refractivity contribution in [3.05, 3.63) is 0 Å². The predicted molar refractivity (Wildman–Crippen MR) is 165 cm³/mol. The second-order valence-electron chi connectivity index (χ2n) is 12.3. The maximum Gasteiger partial charge on any atom is 0.292 e. The average molecular weight is 584 g/mol. The van der Waals surface area contributed by atoms with Gasteiger partial charge in [0.2, 0.25) is 18.2 Å². The number of piperidine rings is 2. The molecule has 240 valence electrons. The first-order valence-electron chi connectivity index (χ1n) is 15.6. The smallest absolute Gasteiger partial charge is 0.292 e. The second-order valence-corrected chi connectivity index (χ2v) is 12.3. The van der Waals surface area contributed by atoms with Crippen molar-refractivity contribution in [3.8, 4) is 0 Å². The standard InChI is InChI=1S/C19H34N4O3.C6H13N.C4H10.C2H4O2/c1-15(2)17(21(3)18(25)12-20-14-24)13-23-11-5-4-8-16(23)19(26)22-9-6-7-10-22;1-7-5-3-2-4-6-7;1-4(2)3;1-4-2-3/h14-17H,4-13H2,1-3H3,(H,20,24);2-6H2,1H3;4H,1-3H3;2H,1H3/t16-,17+;;;/m0.../s1. The van der Waals surface area contributed by atoms with Crippen molar-refractivity contribution in [2.24, 2.45) is 11.8 Å². The van der Waals surface area contributed by atoms with Crippen molar-refractivity contribution < 1.29 is 23.9 Å². The van der Waals surface area contributed by atoms with E-state index in [1.807, 2.05) is 4.90 Å². The minimum Gasteiger partial charge on any atom is -0.471 e. The van der Waals surface area contributed by atoms with Crippen molar-refractivity contribution >= 4 is 24.7 Å². The van der Waals surface area contributed by atoms with Gasteiger partial charge in [-0.3, -0.25) is 24.1 Å². The van der Waals surface area contributed by atoms with E-state index >= 15 is 0 Å². The van der Waals surface area contributed by atoms with E-state index in [1.54, 1.807) is 11.9 Å². The summed E-state index contributed by atoms with van der Waals surface area (Å²) in [6, 6.07) is -0.0392. The zero-order chi connectivity index (χ0) is 31.2. The summed E-state index contributed by atoms with van der Waals surface area (Å²) in [7, 11) is 5.30. The van der Waals surface area contributed by atoms with Crippen molar-refractivity contribution in [1.82, 2.24) is 24.9 Å². The molecule has 3 aliphatic heterocycles. The number of methoxy groups -OCH3 is 1. The number of carbonyl (C=O) groups excluding carboxylic acids is 4. The molecule has 41 heavy (non-hydrogen) atoms. The van der Waals surface area contributed by atoms with E-state index in [-0.39, 0.29) is 36.4 Å². The zero-order valence-corrected chi connectivity index (χ0v) is 27.4. The number of likely N-dealkylation sites (N-methyl/N-ethyl adjacent to an activating group) is 1. The number of likely N-dealkylation sites (tertiary alicyclic amines) is 3. The van der Waals surface area contributed by atoms with Crippen LogP contribution in [0.25, 0.3) is 0 Å². The molecule has 3 amide bonds. The molecule has 10 nitrogen and oxygen atoms in total. The van der Waals surface area contributed by atoms with Crippen LogP contribution >= 0.6 is 0 Å². The second kappa shape index (κ2) is 23.4. The van der Waals surface area contributed by atoms with Crippen LogP contribution in [0.5, 0.6) is 0 Å². The first kappa shape index (κ1) is 38.8.